The minimum atomic E-state index is -0.444. The van der Waals surface area contributed by atoms with E-state index < -0.39 is 5.60 Å². The maximum absolute atomic E-state index is 11.9. The van der Waals surface area contributed by atoms with Gasteiger partial charge in [-0.2, -0.15) is 0 Å². The SMILES string of the molecule is CC(C)(C)OC(=O)N1CCC2(CC=CC2O)CC1. The standard InChI is InChI=1S/C14H23NO3/c1-13(2,3)18-12(17)15-9-7-14(8-10-15)6-4-5-11(14)16/h4-5,11,16H,6-10H2,1-3H3. The molecule has 0 radical (unpaired) electrons. The van der Waals surface area contributed by atoms with E-state index in [4.69, 9.17) is 4.74 Å². The highest BCUT2D eigenvalue weighted by molar-refractivity contribution is 5.68. The zero-order valence-electron chi connectivity index (χ0n) is 11.5. The van der Waals surface area contributed by atoms with Crippen molar-refractivity contribution in [3.05, 3.63) is 12.2 Å². The minimum absolute atomic E-state index is 0.0293. The van der Waals surface area contributed by atoms with Gasteiger partial charge in [-0.3, -0.25) is 0 Å². The molecule has 1 heterocycles. The molecule has 1 unspecified atom stereocenters. The molecule has 4 nitrogen and oxygen atoms in total. The van der Waals surface area contributed by atoms with E-state index >= 15 is 0 Å². The number of hydrogen-bond donors (Lipinski definition) is 1. The molecule has 1 spiro atoms. The molecule has 4 heteroatoms. The summed E-state index contributed by atoms with van der Waals surface area (Å²) in [6, 6.07) is 0. The fourth-order valence-corrected chi connectivity index (χ4v) is 2.72. The van der Waals surface area contributed by atoms with E-state index in [-0.39, 0.29) is 17.6 Å². The van der Waals surface area contributed by atoms with Crippen LogP contribution in [0.25, 0.3) is 0 Å². The lowest BCUT2D eigenvalue weighted by molar-refractivity contribution is -0.0108. The van der Waals surface area contributed by atoms with Crippen LogP contribution < -0.4 is 0 Å². The van der Waals surface area contributed by atoms with Gasteiger partial charge < -0.3 is 14.7 Å². The summed E-state index contributed by atoms with van der Waals surface area (Å²) < 4.78 is 5.36. The predicted molar refractivity (Wildman–Crippen MR) is 69.2 cm³/mol. The van der Waals surface area contributed by atoms with Gasteiger partial charge in [-0.15, -0.1) is 0 Å². The van der Waals surface area contributed by atoms with Gasteiger partial charge in [-0.25, -0.2) is 4.79 Å². The van der Waals surface area contributed by atoms with Crippen molar-refractivity contribution >= 4 is 6.09 Å². The number of aliphatic hydroxyl groups is 1. The van der Waals surface area contributed by atoms with Crippen molar-refractivity contribution in [3.8, 4) is 0 Å². The second kappa shape index (κ2) is 4.57. The quantitative estimate of drug-likeness (QED) is 0.674. The smallest absolute Gasteiger partial charge is 0.410 e. The predicted octanol–water partition coefficient (Wildman–Crippen LogP) is 2.32. The number of ether oxygens (including phenoxy) is 1. The molecule has 1 saturated heterocycles. The van der Waals surface area contributed by atoms with Crippen LogP contribution in [-0.4, -0.2) is 40.9 Å². The number of amides is 1. The average Bonchev–Trinajstić information content (AvgIpc) is 2.59. The van der Waals surface area contributed by atoms with Gasteiger partial charge in [0.2, 0.25) is 0 Å². The third-order valence-corrected chi connectivity index (χ3v) is 3.88. The van der Waals surface area contributed by atoms with Crippen molar-refractivity contribution in [2.75, 3.05) is 13.1 Å². The van der Waals surface area contributed by atoms with Crippen LogP contribution in [0.4, 0.5) is 4.79 Å². The summed E-state index contributed by atoms with van der Waals surface area (Å²) >= 11 is 0. The first-order valence-corrected chi connectivity index (χ1v) is 6.65. The Morgan fingerprint density at radius 2 is 2.00 bits per heavy atom. The molecule has 18 heavy (non-hydrogen) atoms. The number of rotatable bonds is 0. The van der Waals surface area contributed by atoms with Crippen LogP contribution >= 0.6 is 0 Å². The van der Waals surface area contributed by atoms with Crippen molar-refractivity contribution in [3.63, 3.8) is 0 Å². The highest BCUT2D eigenvalue weighted by Gasteiger charge is 2.42. The highest BCUT2D eigenvalue weighted by atomic mass is 16.6. The number of carbonyl (C=O) groups is 1. The summed E-state index contributed by atoms with van der Waals surface area (Å²) in [5, 5.41) is 9.99. The van der Waals surface area contributed by atoms with Crippen molar-refractivity contribution in [2.24, 2.45) is 5.41 Å². The zero-order chi connectivity index (χ0) is 13.4. The third kappa shape index (κ3) is 2.69. The summed E-state index contributed by atoms with van der Waals surface area (Å²) in [5.74, 6) is 0. The van der Waals surface area contributed by atoms with Crippen LogP contribution in [0, 0.1) is 5.41 Å². The normalized spacial score (nSPS) is 26.7. The number of likely N-dealkylation sites (tertiary alicyclic amines) is 1. The molecule has 1 aliphatic heterocycles. The van der Waals surface area contributed by atoms with E-state index in [0.29, 0.717) is 13.1 Å². The Kier molecular flexibility index (Phi) is 3.41. The lowest BCUT2D eigenvalue weighted by atomic mass is 9.75. The van der Waals surface area contributed by atoms with Crippen molar-refractivity contribution in [2.45, 2.75) is 51.7 Å². The summed E-state index contributed by atoms with van der Waals surface area (Å²) in [5.41, 5.74) is -0.473. The van der Waals surface area contributed by atoms with Gasteiger partial charge in [0.05, 0.1) is 6.10 Å². The van der Waals surface area contributed by atoms with Gasteiger partial charge in [0.15, 0.2) is 0 Å². The van der Waals surface area contributed by atoms with Gasteiger partial charge in [-0.1, -0.05) is 12.2 Å². The second-order valence-electron chi connectivity index (χ2n) is 6.41. The molecule has 0 bridgehead atoms. The first-order valence-electron chi connectivity index (χ1n) is 6.65. The second-order valence-corrected chi connectivity index (χ2v) is 6.41. The van der Waals surface area contributed by atoms with Gasteiger partial charge in [0.1, 0.15) is 5.60 Å². The van der Waals surface area contributed by atoms with Crippen molar-refractivity contribution in [1.82, 2.24) is 4.90 Å². The third-order valence-electron chi connectivity index (χ3n) is 3.88. The Morgan fingerprint density at radius 1 is 1.39 bits per heavy atom. The van der Waals surface area contributed by atoms with Crippen LogP contribution in [0.2, 0.25) is 0 Å². The lowest BCUT2D eigenvalue weighted by Gasteiger charge is -2.41. The topological polar surface area (TPSA) is 49.8 Å². The van der Waals surface area contributed by atoms with Crippen LogP contribution in [0.15, 0.2) is 12.2 Å². The first kappa shape index (κ1) is 13.4. The molecular weight excluding hydrogens is 230 g/mol. The Morgan fingerprint density at radius 3 is 2.44 bits per heavy atom. The molecule has 2 rings (SSSR count). The van der Waals surface area contributed by atoms with E-state index in [2.05, 4.69) is 0 Å². The summed E-state index contributed by atoms with van der Waals surface area (Å²) in [4.78, 5) is 13.7. The maximum atomic E-state index is 11.9. The molecule has 1 aliphatic carbocycles. The number of hydrogen-bond acceptors (Lipinski definition) is 3. The van der Waals surface area contributed by atoms with Crippen LogP contribution in [0.3, 0.4) is 0 Å². The largest absolute Gasteiger partial charge is 0.444 e. The fourth-order valence-electron chi connectivity index (χ4n) is 2.72. The Bertz CT molecular complexity index is 349. The summed E-state index contributed by atoms with van der Waals surface area (Å²) in [6.45, 7) is 6.98. The molecule has 1 atom stereocenters. The highest BCUT2D eigenvalue weighted by Crippen LogP contribution is 2.43. The summed E-state index contributed by atoms with van der Waals surface area (Å²) in [7, 11) is 0. The fraction of sp³-hybridized carbons (Fsp3) is 0.786. The van der Waals surface area contributed by atoms with E-state index in [1.165, 1.54) is 0 Å². The molecular formula is C14H23NO3. The molecule has 1 N–H and O–H groups in total. The van der Waals surface area contributed by atoms with E-state index in [9.17, 15) is 9.90 Å². The molecule has 102 valence electrons. The van der Waals surface area contributed by atoms with Gasteiger partial charge in [0.25, 0.3) is 0 Å². The number of allylic oxidation sites excluding steroid dienone is 1. The molecule has 1 fully saturated rings. The molecule has 0 aromatic carbocycles. The van der Waals surface area contributed by atoms with E-state index in [1.54, 1.807) is 4.90 Å². The molecule has 0 aromatic heterocycles. The van der Waals surface area contributed by atoms with Crippen LogP contribution in [-0.2, 0) is 4.74 Å². The van der Waals surface area contributed by atoms with E-state index in [0.717, 1.165) is 19.3 Å². The Balaban J connectivity index is 1.89. The Labute approximate surface area is 109 Å². The molecule has 0 saturated carbocycles. The van der Waals surface area contributed by atoms with Crippen molar-refractivity contribution in [1.29, 1.82) is 0 Å². The molecule has 0 aromatic rings. The number of piperidine rings is 1. The van der Waals surface area contributed by atoms with Gasteiger partial charge in [0, 0.05) is 18.5 Å². The first-order chi connectivity index (χ1) is 8.32. The van der Waals surface area contributed by atoms with Crippen LogP contribution in [0.1, 0.15) is 40.0 Å². The van der Waals surface area contributed by atoms with E-state index in [1.807, 2.05) is 32.9 Å². The summed E-state index contributed by atoms with van der Waals surface area (Å²) in [6.07, 6.45) is 5.96. The van der Waals surface area contributed by atoms with Gasteiger partial charge in [-0.05, 0) is 40.0 Å². The maximum Gasteiger partial charge on any atom is 0.410 e. The monoisotopic (exact) mass is 253 g/mol. The van der Waals surface area contributed by atoms with Crippen LogP contribution in [0.5, 0.6) is 0 Å². The Hall–Kier alpha value is -1.03. The minimum Gasteiger partial charge on any atom is -0.444 e. The molecule has 1 amide bonds. The molecule has 2 aliphatic rings. The lowest BCUT2D eigenvalue weighted by Crippen LogP contribution is -2.47. The van der Waals surface area contributed by atoms with Gasteiger partial charge >= 0.3 is 6.09 Å². The number of aliphatic hydroxyl groups excluding tert-OH is 1. The number of carbonyl (C=O) groups excluding carboxylic acids is 1. The number of nitrogens with zero attached hydrogens (tertiary/aromatic N) is 1. The van der Waals surface area contributed by atoms with Crippen molar-refractivity contribution < 1.29 is 14.6 Å². The average molecular weight is 253 g/mol. The zero-order valence-corrected chi connectivity index (χ0v) is 11.5.